The number of benzene rings is 1. The second-order valence-corrected chi connectivity index (χ2v) is 6.32. The van der Waals surface area contributed by atoms with Crippen LogP contribution in [0.5, 0.6) is 0 Å². The smallest absolute Gasteiger partial charge is 0.159 e. The second kappa shape index (κ2) is 7.85. The molecule has 0 aliphatic heterocycles. The zero-order chi connectivity index (χ0) is 15.2. The zero-order valence-corrected chi connectivity index (χ0v) is 12.6. The summed E-state index contributed by atoms with van der Waals surface area (Å²) in [6.45, 7) is 3.54. The maximum Gasteiger partial charge on any atom is 0.159 e. The summed E-state index contributed by atoms with van der Waals surface area (Å²) in [7, 11) is 0. The monoisotopic (exact) mass is 297 g/mol. The van der Waals surface area contributed by atoms with Gasteiger partial charge in [-0.05, 0) is 48.9 Å². The fourth-order valence-electron chi connectivity index (χ4n) is 3.20. The highest BCUT2D eigenvalue weighted by Crippen LogP contribution is 2.30. The van der Waals surface area contributed by atoms with E-state index in [1.54, 1.807) is 0 Å². The van der Waals surface area contributed by atoms with Crippen molar-refractivity contribution in [2.75, 3.05) is 13.1 Å². The van der Waals surface area contributed by atoms with Crippen molar-refractivity contribution in [3.05, 3.63) is 35.4 Å². The topological polar surface area (TPSA) is 32.3 Å². The Hall–Kier alpha value is -1.00. The third kappa shape index (κ3) is 5.04. The molecule has 1 saturated carbocycles. The highest BCUT2D eigenvalue weighted by Gasteiger charge is 2.18. The molecule has 3 atom stereocenters. The fraction of sp³-hybridized carbons (Fsp3) is 0.647. The second-order valence-electron chi connectivity index (χ2n) is 6.32. The number of aliphatic hydroxyl groups is 1. The lowest BCUT2D eigenvalue weighted by Gasteiger charge is -2.26. The Bertz CT molecular complexity index is 452. The van der Waals surface area contributed by atoms with Gasteiger partial charge in [0.25, 0.3) is 0 Å². The van der Waals surface area contributed by atoms with E-state index >= 15 is 0 Å². The highest BCUT2D eigenvalue weighted by atomic mass is 19.2. The first-order valence-corrected chi connectivity index (χ1v) is 7.90. The number of hydrogen-bond donors (Lipinski definition) is 2. The van der Waals surface area contributed by atoms with E-state index in [2.05, 4.69) is 12.2 Å². The van der Waals surface area contributed by atoms with Crippen LogP contribution >= 0.6 is 0 Å². The Morgan fingerprint density at radius 3 is 2.81 bits per heavy atom. The average Bonchev–Trinajstić information content (AvgIpc) is 2.46. The average molecular weight is 297 g/mol. The molecule has 1 fully saturated rings. The molecule has 0 amide bonds. The first-order valence-electron chi connectivity index (χ1n) is 7.90. The van der Waals surface area contributed by atoms with Crippen molar-refractivity contribution in [3.8, 4) is 0 Å². The molecule has 2 rings (SSSR count). The van der Waals surface area contributed by atoms with E-state index in [4.69, 9.17) is 0 Å². The summed E-state index contributed by atoms with van der Waals surface area (Å²) in [4.78, 5) is 0. The normalized spacial score (nSPS) is 24.0. The molecule has 2 N–H and O–H groups in total. The summed E-state index contributed by atoms with van der Waals surface area (Å²) in [5.74, 6) is -0.189. The Labute approximate surface area is 125 Å². The zero-order valence-electron chi connectivity index (χ0n) is 12.6. The predicted octanol–water partition coefficient (Wildman–Crippen LogP) is 3.80. The van der Waals surface area contributed by atoms with Crippen LogP contribution in [-0.2, 0) is 0 Å². The minimum atomic E-state index is -0.914. The van der Waals surface area contributed by atoms with Gasteiger partial charge in [-0.1, -0.05) is 32.3 Å². The van der Waals surface area contributed by atoms with Crippen molar-refractivity contribution < 1.29 is 13.9 Å². The Morgan fingerprint density at radius 1 is 1.29 bits per heavy atom. The molecule has 0 radical (unpaired) electrons. The van der Waals surface area contributed by atoms with Gasteiger partial charge in [-0.15, -0.1) is 0 Å². The van der Waals surface area contributed by atoms with Crippen LogP contribution in [0.15, 0.2) is 18.2 Å². The lowest BCUT2D eigenvalue weighted by molar-refractivity contribution is 0.172. The molecule has 21 heavy (non-hydrogen) atoms. The van der Waals surface area contributed by atoms with Crippen LogP contribution in [0, 0.1) is 23.5 Å². The molecule has 1 aliphatic rings. The number of nitrogens with one attached hydrogen (secondary N) is 1. The van der Waals surface area contributed by atoms with E-state index in [-0.39, 0.29) is 0 Å². The van der Waals surface area contributed by atoms with Gasteiger partial charge in [0, 0.05) is 6.54 Å². The number of rotatable bonds is 6. The van der Waals surface area contributed by atoms with Crippen molar-refractivity contribution in [2.24, 2.45) is 11.8 Å². The quantitative estimate of drug-likeness (QED) is 0.783. The van der Waals surface area contributed by atoms with Crippen LogP contribution in [0.4, 0.5) is 8.78 Å². The van der Waals surface area contributed by atoms with Crippen molar-refractivity contribution in [1.82, 2.24) is 5.32 Å². The molecule has 4 heteroatoms. The lowest BCUT2D eigenvalue weighted by Crippen LogP contribution is -2.25. The van der Waals surface area contributed by atoms with Gasteiger partial charge in [0.05, 0.1) is 6.10 Å². The van der Waals surface area contributed by atoms with Crippen LogP contribution in [0.2, 0.25) is 0 Å². The Morgan fingerprint density at radius 2 is 2.10 bits per heavy atom. The molecule has 3 unspecified atom stereocenters. The summed E-state index contributed by atoms with van der Waals surface area (Å²) >= 11 is 0. The first-order chi connectivity index (χ1) is 10.1. The summed E-state index contributed by atoms with van der Waals surface area (Å²) < 4.78 is 25.9. The van der Waals surface area contributed by atoms with Crippen LogP contribution in [0.3, 0.4) is 0 Å². The molecule has 118 valence electrons. The maximum atomic E-state index is 13.1. The van der Waals surface area contributed by atoms with Crippen molar-refractivity contribution >= 4 is 0 Å². The molecular formula is C17H25F2NO. The number of aliphatic hydroxyl groups excluding tert-OH is 1. The van der Waals surface area contributed by atoms with Crippen LogP contribution in [0.1, 0.15) is 50.7 Å². The molecule has 0 heterocycles. The molecule has 2 nitrogen and oxygen atoms in total. The minimum Gasteiger partial charge on any atom is -0.387 e. The highest BCUT2D eigenvalue weighted by molar-refractivity contribution is 5.20. The van der Waals surface area contributed by atoms with Crippen molar-refractivity contribution in [1.29, 1.82) is 0 Å². The van der Waals surface area contributed by atoms with Crippen LogP contribution < -0.4 is 5.32 Å². The van der Waals surface area contributed by atoms with Gasteiger partial charge in [-0.2, -0.15) is 0 Å². The molecule has 0 saturated heterocycles. The lowest BCUT2D eigenvalue weighted by atomic mass is 9.81. The predicted molar refractivity (Wildman–Crippen MR) is 79.9 cm³/mol. The Balaban J connectivity index is 1.69. The summed E-state index contributed by atoms with van der Waals surface area (Å²) in [5, 5.41) is 13.2. The van der Waals surface area contributed by atoms with E-state index in [9.17, 15) is 13.9 Å². The van der Waals surface area contributed by atoms with E-state index in [1.807, 2.05) is 0 Å². The molecule has 1 aromatic carbocycles. The standard InChI is InChI=1S/C17H25F2NO/c1-12-3-2-4-13(9-12)7-8-20-11-17(21)14-5-6-15(18)16(19)10-14/h5-6,10,12-13,17,20-21H,2-4,7-9,11H2,1H3. The fourth-order valence-corrected chi connectivity index (χ4v) is 3.20. The number of halogens is 2. The molecule has 0 aromatic heterocycles. The molecule has 1 aliphatic carbocycles. The molecule has 0 bridgehead atoms. The van der Waals surface area contributed by atoms with Crippen LogP contribution in [-0.4, -0.2) is 18.2 Å². The third-order valence-electron chi connectivity index (χ3n) is 4.44. The summed E-state index contributed by atoms with van der Waals surface area (Å²) in [6, 6.07) is 3.54. The molecular weight excluding hydrogens is 272 g/mol. The Kier molecular flexibility index (Phi) is 6.12. The van der Waals surface area contributed by atoms with E-state index in [0.717, 1.165) is 36.9 Å². The van der Waals surface area contributed by atoms with Gasteiger partial charge >= 0.3 is 0 Å². The van der Waals surface area contributed by atoms with E-state index in [1.165, 1.54) is 31.7 Å². The third-order valence-corrected chi connectivity index (χ3v) is 4.44. The first kappa shape index (κ1) is 16.4. The van der Waals surface area contributed by atoms with Crippen molar-refractivity contribution in [3.63, 3.8) is 0 Å². The van der Waals surface area contributed by atoms with Gasteiger partial charge in [-0.25, -0.2) is 8.78 Å². The van der Waals surface area contributed by atoms with E-state index < -0.39 is 17.7 Å². The van der Waals surface area contributed by atoms with Gasteiger partial charge < -0.3 is 10.4 Å². The summed E-state index contributed by atoms with van der Waals surface area (Å²) in [5.41, 5.74) is 0.410. The molecule has 0 spiro atoms. The number of hydrogen-bond acceptors (Lipinski definition) is 2. The van der Waals surface area contributed by atoms with Crippen LogP contribution in [0.25, 0.3) is 0 Å². The summed E-state index contributed by atoms with van der Waals surface area (Å²) in [6.07, 6.45) is 5.59. The SMILES string of the molecule is CC1CCCC(CCNCC(O)c2ccc(F)c(F)c2)C1. The van der Waals surface area contributed by atoms with Gasteiger partial charge in [0.2, 0.25) is 0 Å². The van der Waals surface area contributed by atoms with E-state index in [0.29, 0.717) is 12.1 Å². The van der Waals surface area contributed by atoms with Gasteiger partial charge in [-0.3, -0.25) is 0 Å². The minimum absolute atomic E-state index is 0.368. The maximum absolute atomic E-state index is 13.1. The van der Waals surface area contributed by atoms with Gasteiger partial charge in [0.15, 0.2) is 11.6 Å². The van der Waals surface area contributed by atoms with Crippen molar-refractivity contribution in [2.45, 2.75) is 45.1 Å². The van der Waals surface area contributed by atoms with Gasteiger partial charge in [0.1, 0.15) is 0 Å². The largest absolute Gasteiger partial charge is 0.387 e. The molecule has 1 aromatic rings.